The normalized spacial score (nSPS) is 10.6. The molecule has 3 rings (SSSR count). The van der Waals surface area contributed by atoms with Crippen molar-refractivity contribution in [1.29, 1.82) is 0 Å². The van der Waals surface area contributed by atoms with E-state index in [1.165, 1.54) is 0 Å². The summed E-state index contributed by atoms with van der Waals surface area (Å²) in [6.07, 6.45) is 2.58. The Morgan fingerprint density at radius 2 is 1.80 bits per heavy atom. The van der Waals surface area contributed by atoms with Crippen LogP contribution < -0.4 is 19.5 Å². The SMILES string of the molecule is COc1cc(CNCCCOc2ccccn2)cc(Cl)c1OCc1ccccc1Cl. The van der Waals surface area contributed by atoms with Crippen molar-refractivity contribution in [1.82, 2.24) is 10.3 Å². The molecule has 30 heavy (non-hydrogen) atoms. The summed E-state index contributed by atoms with van der Waals surface area (Å²) in [5.41, 5.74) is 1.89. The van der Waals surface area contributed by atoms with Crippen molar-refractivity contribution in [3.8, 4) is 17.4 Å². The molecule has 0 bridgehead atoms. The maximum atomic E-state index is 6.46. The molecule has 0 aliphatic carbocycles. The summed E-state index contributed by atoms with van der Waals surface area (Å²) in [5.74, 6) is 1.73. The quantitative estimate of drug-likeness (QED) is 0.392. The summed E-state index contributed by atoms with van der Waals surface area (Å²) in [5, 5.41) is 4.53. The fourth-order valence-corrected chi connectivity index (χ4v) is 3.30. The Morgan fingerprint density at radius 3 is 2.57 bits per heavy atom. The van der Waals surface area contributed by atoms with Gasteiger partial charge in [-0.2, -0.15) is 0 Å². The first-order valence-electron chi connectivity index (χ1n) is 9.64. The van der Waals surface area contributed by atoms with Crippen LogP contribution >= 0.6 is 23.2 Å². The van der Waals surface area contributed by atoms with Gasteiger partial charge < -0.3 is 19.5 Å². The molecular formula is C23H24Cl2N2O3. The Morgan fingerprint density at radius 1 is 0.967 bits per heavy atom. The van der Waals surface area contributed by atoms with E-state index in [1.54, 1.807) is 13.3 Å². The molecule has 1 aromatic heterocycles. The fraction of sp³-hybridized carbons (Fsp3) is 0.261. The van der Waals surface area contributed by atoms with Gasteiger partial charge in [-0.15, -0.1) is 0 Å². The van der Waals surface area contributed by atoms with Crippen LogP contribution in [0, 0.1) is 0 Å². The topological polar surface area (TPSA) is 52.6 Å². The number of aromatic nitrogens is 1. The van der Waals surface area contributed by atoms with E-state index >= 15 is 0 Å². The van der Waals surface area contributed by atoms with Gasteiger partial charge >= 0.3 is 0 Å². The first kappa shape index (κ1) is 22.2. The highest BCUT2D eigenvalue weighted by molar-refractivity contribution is 6.32. The molecule has 0 saturated carbocycles. The number of methoxy groups -OCH3 is 1. The van der Waals surface area contributed by atoms with Crippen LogP contribution in [0.5, 0.6) is 17.4 Å². The lowest BCUT2D eigenvalue weighted by atomic mass is 10.2. The van der Waals surface area contributed by atoms with Gasteiger partial charge in [0.25, 0.3) is 0 Å². The largest absolute Gasteiger partial charge is 0.493 e. The number of rotatable bonds is 11. The van der Waals surface area contributed by atoms with Gasteiger partial charge in [0.1, 0.15) is 6.61 Å². The molecule has 0 spiro atoms. The van der Waals surface area contributed by atoms with Gasteiger partial charge in [-0.25, -0.2) is 4.98 Å². The first-order chi connectivity index (χ1) is 14.7. The number of pyridine rings is 1. The van der Waals surface area contributed by atoms with Gasteiger partial charge in [0, 0.05) is 29.4 Å². The summed E-state index contributed by atoms with van der Waals surface area (Å²) < 4.78 is 17.0. The molecule has 0 aliphatic rings. The zero-order chi connectivity index (χ0) is 21.2. The Bertz CT molecular complexity index is 939. The smallest absolute Gasteiger partial charge is 0.213 e. The minimum atomic E-state index is 0.309. The van der Waals surface area contributed by atoms with Crippen LogP contribution in [0.3, 0.4) is 0 Å². The molecule has 0 atom stereocenters. The van der Waals surface area contributed by atoms with Crippen molar-refractivity contribution in [2.75, 3.05) is 20.3 Å². The van der Waals surface area contributed by atoms with Crippen LogP contribution in [-0.4, -0.2) is 25.2 Å². The maximum absolute atomic E-state index is 6.46. The molecule has 0 fully saturated rings. The molecule has 0 aliphatic heterocycles. The van der Waals surface area contributed by atoms with Crippen molar-refractivity contribution in [2.24, 2.45) is 0 Å². The third kappa shape index (κ3) is 6.52. The maximum Gasteiger partial charge on any atom is 0.213 e. The van der Waals surface area contributed by atoms with Crippen molar-refractivity contribution in [2.45, 2.75) is 19.6 Å². The van der Waals surface area contributed by atoms with Gasteiger partial charge in [0.15, 0.2) is 11.5 Å². The lowest BCUT2D eigenvalue weighted by Gasteiger charge is -2.15. The minimum absolute atomic E-state index is 0.309. The second-order valence-electron chi connectivity index (χ2n) is 6.54. The molecule has 158 valence electrons. The van der Waals surface area contributed by atoms with Crippen molar-refractivity contribution in [3.63, 3.8) is 0 Å². The first-order valence-corrected chi connectivity index (χ1v) is 10.4. The second-order valence-corrected chi connectivity index (χ2v) is 7.35. The van der Waals surface area contributed by atoms with E-state index in [9.17, 15) is 0 Å². The van der Waals surface area contributed by atoms with Crippen LogP contribution in [0.2, 0.25) is 10.0 Å². The zero-order valence-electron chi connectivity index (χ0n) is 16.7. The van der Waals surface area contributed by atoms with E-state index in [1.807, 2.05) is 54.6 Å². The number of nitrogens with zero attached hydrogens (tertiary/aromatic N) is 1. The van der Waals surface area contributed by atoms with Crippen LogP contribution in [0.15, 0.2) is 60.8 Å². The molecule has 1 heterocycles. The van der Waals surface area contributed by atoms with Crippen molar-refractivity contribution >= 4 is 23.2 Å². The molecule has 2 aromatic carbocycles. The Labute approximate surface area is 186 Å². The van der Waals surface area contributed by atoms with E-state index in [2.05, 4.69) is 10.3 Å². The van der Waals surface area contributed by atoms with E-state index < -0.39 is 0 Å². The summed E-state index contributed by atoms with van der Waals surface area (Å²) in [4.78, 5) is 4.13. The molecule has 0 saturated heterocycles. The number of hydrogen-bond acceptors (Lipinski definition) is 5. The van der Waals surface area contributed by atoms with E-state index in [0.29, 0.717) is 47.2 Å². The minimum Gasteiger partial charge on any atom is -0.493 e. The highest BCUT2D eigenvalue weighted by Gasteiger charge is 2.13. The number of benzene rings is 2. The highest BCUT2D eigenvalue weighted by atomic mass is 35.5. The number of ether oxygens (including phenoxy) is 3. The lowest BCUT2D eigenvalue weighted by molar-refractivity contribution is 0.284. The molecule has 0 radical (unpaired) electrons. The third-order valence-corrected chi connectivity index (χ3v) is 4.98. The monoisotopic (exact) mass is 446 g/mol. The fourth-order valence-electron chi connectivity index (χ4n) is 2.82. The average molecular weight is 447 g/mol. The molecule has 1 N–H and O–H groups in total. The summed E-state index contributed by atoms with van der Waals surface area (Å²) >= 11 is 12.6. The molecule has 5 nitrogen and oxygen atoms in total. The molecule has 0 unspecified atom stereocenters. The van der Waals surface area contributed by atoms with E-state index in [4.69, 9.17) is 37.4 Å². The number of hydrogen-bond donors (Lipinski definition) is 1. The van der Waals surface area contributed by atoms with Crippen LogP contribution in [0.1, 0.15) is 17.5 Å². The Hall–Kier alpha value is -2.47. The molecule has 3 aromatic rings. The summed E-state index contributed by atoms with van der Waals surface area (Å²) in [6, 6.07) is 16.9. The molecular weight excluding hydrogens is 423 g/mol. The Kier molecular flexibility index (Phi) is 8.63. The van der Waals surface area contributed by atoms with Gasteiger partial charge in [-0.3, -0.25) is 0 Å². The Balaban J connectivity index is 1.49. The van der Waals surface area contributed by atoms with E-state index in [-0.39, 0.29) is 0 Å². The highest BCUT2D eigenvalue weighted by Crippen LogP contribution is 2.37. The van der Waals surface area contributed by atoms with Gasteiger partial charge in [0.05, 0.1) is 18.7 Å². The molecule has 0 amide bonds. The van der Waals surface area contributed by atoms with Gasteiger partial charge in [-0.05, 0) is 42.8 Å². The average Bonchev–Trinajstić information content (AvgIpc) is 2.77. The lowest BCUT2D eigenvalue weighted by Crippen LogP contribution is -2.17. The predicted octanol–water partition coefficient (Wildman–Crippen LogP) is 5.53. The number of halogens is 2. The van der Waals surface area contributed by atoms with Gasteiger partial charge in [-0.1, -0.05) is 47.5 Å². The van der Waals surface area contributed by atoms with Crippen LogP contribution in [0.25, 0.3) is 0 Å². The van der Waals surface area contributed by atoms with Crippen LogP contribution in [-0.2, 0) is 13.2 Å². The number of nitrogens with one attached hydrogen (secondary N) is 1. The van der Waals surface area contributed by atoms with Crippen molar-refractivity contribution < 1.29 is 14.2 Å². The summed E-state index contributed by atoms with van der Waals surface area (Å²) in [6.45, 7) is 2.37. The standard InChI is InChI=1S/C23H24Cl2N2O3/c1-28-21-14-17(15-26-10-6-12-29-22-9-4-5-11-27-22)13-20(25)23(21)30-16-18-7-2-3-8-19(18)24/h2-5,7-9,11,13-14,26H,6,10,12,15-16H2,1H3. The predicted molar refractivity (Wildman–Crippen MR) is 120 cm³/mol. The van der Waals surface area contributed by atoms with Crippen LogP contribution in [0.4, 0.5) is 0 Å². The van der Waals surface area contributed by atoms with E-state index in [0.717, 1.165) is 24.1 Å². The summed E-state index contributed by atoms with van der Waals surface area (Å²) in [7, 11) is 1.60. The van der Waals surface area contributed by atoms with Crippen molar-refractivity contribution in [3.05, 3.63) is 82.0 Å². The molecule has 7 heteroatoms. The van der Waals surface area contributed by atoms with Gasteiger partial charge in [0.2, 0.25) is 5.88 Å². The third-order valence-electron chi connectivity index (χ3n) is 4.33. The second kappa shape index (κ2) is 11.6. The zero-order valence-corrected chi connectivity index (χ0v) is 18.2.